The average Bonchev–Trinajstić information content (AvgIpc) is 3.36. The number of β-amino-alcohol motifs (C(OH)–C–C–N with tert-alkyl or cyclic N) is 1. The molecular formula is C27H27F2N7O2. The van der Waals surface area contributed by atoms with Gasteiger partial charge in [0.15, 0.2) is 11.6 Å². The summed E-state index contributed by atoms with van der Waals surface area (Å²) in [6, 6.07) is 10.3. The lowest BCUT2D eigenvalue weighted by Gasteiger charge is -2.36. The van der Waals surface area contributed by atoms with Crippen LogP contribution in [0.3, 0.4) is 0 Å². The number of nitrogens with zero attached hydrogens (tertiary/aromatic N) is 4. The van der Waals surface area contributed by atoms with Crippen LogP contribution in [0.1, 0.15) is 0 Å². The number of anilines is 4. The van der Waals surface area contributed by atoms with E-state index < -0.39 is 11.6 Å². The van der Waals surface area contributed by atoms with Crippen molar-refractivity contribution in [3.8, 4) is 11.1 Å². The third-order valence-electron chi connectivity index (χ3n) is 6.48. The van der Waals surface area contributed by atoms with Crippen LogP contribution in [-0.4, -0.2) is 70.2 Å². The maximum atomic E-state index is 15.1. The summed E-state index contributed by atoms with van der Waals surface area (Å²) < 4.78 is 30.1. The van der Waals surface area contributed by atoms with Crippen molar-refractivity contribution in [2.24, 2.45) is 0 Å². The first kappa shape index (κ1) is 25.3. The standard InChI is InChI=1S/C27H27F2N7O2/c1-2-23(38)32-18-5-3-4-17(14-18)19-15-30-21-16-31-27(34-26(19)21)33-20-6-7-22(25(29)24(20)28)36-10-8-35(9-11-36)12-13-37/h2-7,14-16,30,37H,1,8-13H2,(H,32,38)(H,31,33,34). The van der Waals surface area contributed by atoms with E-state index in [4.69, 9.17) is 5.11 Å². The number of carbonyl (C=O) groups excluding carboxylic acids is 1. The molecule has 1 aliphatic heterocycles. The molecule has 0 saturated carbocycles. The first-order chi connectivity index (χ1) is 18.5. The minimum atomic E-state index is -1.01. The van der Waals surface area contributed by atoms with E-state index in [1.807, 2.05) is 6.07 Å². The summed E-state index contributed by atoms with van der Waals surface area (Å²) in [5.74, 6) is -2.16. The molecule has 3 heterocycles. The summed E-state index contributed by atoms with van der Waals surface area (Å²) in [5, 5.41) is 14.6. The molecule has 0 atom stereocenters. The lowest BCUT2D eigenvalue weighted by atomic mass is 10.1. The van der Waals surface area contributed by atoms with Crippen LogP contribution < -0.4 is 15.5 Å². The van der Waals surface area contributed by atoms with Crippen LogP contribution in [0.15, 0.2) is 61.4 Å². The van der Waals surface area contributed by atoms with Crippen LogP contribution in [0.5, 0.6) is 0 Å². The summed E-state index contributed by atoms with van der Waals surface area (Å²) in [5.41, 5.74) is 3.51. The van der Waals surface area contributed by atoms with Gasteiger partial charge in [0.25, 0.3) is 0 Å². The number of aromatic amines is 1. The van der Waals surface area contributed by atoms with Gasteiger partial charge < -0.3 is 25.6 Å². The molecule has 2 aromatic carbocycles. The minimum Gasteiger partial charge on any atom is -0.395 e. The number of fused-ring (bicyclic) bond motifs is 1. The summed E-state index contributed by atoms with van der Waals surface area (Å²) in [6.45, 7) is 6.51. The second-order valence-electron chi connectivity index (χ2n) is 8.87. The molecule has 0 unspecified atom stereocenters. The number of hydrogen-bond acceptors (Lipinski definition) is 7. The highest BCUT2D eigenvalue weighted by Crippen LogP contribution is 2.32. The molecular weight excluding hydrogens is 492 g/mol. The van der Waals surface area contributed by atoms with Crippen LogP contribution in [0.2, 0.25) is 0 Å². The second kappa shape index (κ2) is 11.0. The number of piperazine rings is 1. The van der Waals surface area contributed by atoms with E-state index in [1.165, 1.54) is 12.1 Å². The van der Waals surface area contributed by atoms with Crippen molar-refractivity contribution in [3.63, 3.8) is 0 Å². The maximum absolute atomic E-state index is 15.1. The molecule has 38 heavy (non-hydrogen) atoms. The number of aliphatic hydroxyl groups excluding tert-OH is 1. The number of aromatic nitrogens is 3. The van der Waals surface area contributed by atoms with Gasteiger partial charge in [0.2, 0.25) is 11.9 Å². The Kier molecular flexibility index (Phi) is 7.29. The van der Waals surface area contributed by atoms with Gasteiger partial charge in [0.05, 0.1) is 29.7 Å². The molecule has 0 bridgehead atoms. The zero-order chi connectivity index (χ0) is 26.6. The Morgan fingerprint density at radius 1 is 1.16 bits per heavy atom. The summed E-state index contributed by atoms with van der Waals surface area (Å²) in [7, 11) is 0. The largest absolute Gasteiger partial charge is 0.395 e. The van der Waals surface area contributed by atoms with E-state index in [0.29, 0.717) is 49.4 Å². The van der Waals surface area contributed by atoms with Gasteiger partial charge in [0.1, 0.15) is 5.52 Å². The molecule has 11 heteroatoms. The summed E-state index contributed by atoms with van der Waals surface area (Å²) in [6.07, 6.45) is 4.52. The third kappa shape index (κ3) is 5.20. The SMILES string of the molecule is C=CC(=O)Nc1cccc(-c2c[nH]c3cnc(Nc4ccc(N5CCN(CCO)CC5)c(F)c4F)nc23)c1. The van der Waals surface area contributed by atoms with Crippen LogP contribution >= 0.6 is 0 Å². The normalized spacial score (nSPS) is 14.0. The van der Waals surface area contributed by atoms with Gasteiger partial charge in [-0.1, -0.05) is 18.7 Å². The van der Waals surface area contributed by atoms with Crippen molar-refractivity contribution in [1.29, 1.82) is 0 Å². The monoisotopic (exact) mass is 519 g/mol. The Labute approximate surface area is 217 Å². The predicted molar refractivity (Wildman–Crippen MR) is 144 cm³/mol. The third-order valence-corrected chi connectivity index (χ3v) is 6.48. The second-order valence-corrected chi connectivity index (χ2v) is 8.87. The van der Waals surface area contributed by atoms with Gasteiger partial charge >= 0.3 is 0 Å². The van der Waals surface area contributed by atoms with E-state index in [-0.39, 0.29) is 29.8 Å². The van der Waals surface area contributed by atoms with Gasteiger partial charge in [-0.25, -0.2) is 18.7 Å². The van der Waals surface area contributed by atoms with E-state index in [2.05, 4.69) is 37.1 Å². The number of amides is 1. The van der Waals surface area contributed by atoms with Gasteiger partial charge in [0, 0.05) is 50.2 Å². The molecule has 2 aromatic heterocycles. The number of rotatable bonds is 8. The first-order valence-corrected chi connectivity index (χ1v) is 12.2. The molecule has 9 nitrogen and oxygen atoms in total. The van der Waals surface area contributed by atoms with Crippen LogP contribution in [0, 0.1) is 11.6 Å². The fraction of sp³-hybridized carbons (Fsp3) is 0.222. The molecule has 1 saturated heterocycles. The van der Waals surface area contributed by atoms with Crippen molar-refractivity contribution in [2.75, 3.05) is 54.9 Å². The highest BCUT2D eigenvalue weighted by atomic mass is 19.2. The van der Waals surface area contributed by atoms with Gasteiger partial charge in [-0.15, -0.1) is 0 Å². The molecule has 0 spiro atoms. The average molecular weight is 520 g/mol. The van der Waals surface area contributed by atoms with Gasteiger partial charge in [-0.2, -0.15) is 0 Å². The maximum Gasteiger partial charge on any atom is 0.247 e. The van der Waals surface area contributed by atoms with Crippen LogP contribution in [0.25, 0.3) is 22.2 Å². The van der Waals surface area contributed by atoms with Crippen molar-refractivity contribution < 1.29 is 18.7 Å². The Bertz CT molecular complexity index is 1480. The van der Waals surface area contributed by atoms with E-state index >= 15 is 8.78 Å². The van der Waals surface area contributed by atoms with Crippen molar-refractivity contribution >= 4 is 40.0 Å². The van der Waals surface area contributed by atoms with E-state index in [1.54, 1.807) is 41.6 Å². The Balaban J connectivity index is 1.37. The number of aliphatic hydroxyl groups is 1. The number of nitrogens with one attached hydrogen (secondary N) is 3. The van der Waals surface area contributed by atoms with Crippen LogP contribution in [0.4, 0.5) is 31.8 Å². The van der Waals surface area contributed by atoms with Gasteiger partial charge in [-0.3, -0.25) is 9.69 Å². The van der Waals surface area contributed by atoms with Crippen molar-refractivity contribution in [2.45, 2.75) is 0 Å². The molecule has 4 aromatic rings. The fourth-order valence-corrected chi connectivity index (χ4v) is 4.50. The molecule has 1 amide bonds. The van der Waals surface area contributed by atoms with E-state index in [0.717, 1.165) is 11.1 Å². The first-order valence-electron chi connectivity index (χ1n) is 12.2. The number of hydrogen-bond donors (Lipinski definition) is 4. The number of carbonyl (C=O) groups is 1. The van der Waals surface area contributed by atoms with Crippen molar-refractivity contribution in [3.05, 3.63) is 73.1 Å². The topological polar surface area (TPSA) is 109 Å². The minimum absolute atomic E-state index is 0.0712. The lowest BCUT2D eigenvalue weighted by Crippen LogP contribution is -2.47. The molecule has 0 aliphatic carbocycles. The zero-order valence-electron chi connectivity index (χ0n) is 20.5. The molecule has 1 aliphatic rings. The predicted octanol–water partition coefficient (Wildman–Crippen LogP) is 3.89. The molecule has 5 rings (SSSR count). The molecule has 4 N–H and O–H groups in total. The highest BCUT2D eigenvalue weighted by molar-refractivity contribution is 6.00. The fourth-order valence-electron chi connectivity index (χ4n) is 4.50. The number of H-pyrrole nitrogens is 1. The number of halogens is 2. The Morgan fingerprint density at radius 2 is 1.97 bits per heavy atom. The van der Waals surface area contributed by atoms with E-state index in [9.17, 15) is 4.79 Å². The Morgan fingerprint density at radius 3 is 2.74 bits per heavy atom. The quantitative estimate of drug-likeness (QED) is 0.262. The Hall–Kier alpha value is -4.35. The van der Waals surface area contributed by atoms with Crippen LogP contribution in [-0.2, 0) is 4.79 Å². The summed E-state index contributed by atoms with van der Waals surface area (Å²) in [4.78, 5) is 27.4. The molecule has 0 radical (unpaired) electrons. The van der Waals surface area contributed by atoms with Crippen molar-refractivity contribution in [1.82, 2.24) is 19.9 Å². The van der Waals surface area contributed by atoms with Gasteiger partial charge in [-0.05, 0) is 35.9 Å². The number of benzene rings is 2. The summed E-state index contributed by atoms with van der Waals surface area (Å²) >= 11 is 0. The highest BCUT2D eigenvalue weighted by Gasteiger charge is 2.23. The lowest BCUT2D eigenvalue weighted by molar-refractivity contribution is -0.111. The molecule has 196 valence electrons. The smallest absolute Gasteiger partial charge is 0.247 e. The zero-order valence-corrected chi connectivity index (χ0v) is 20.5. The molecule has 1 fully saturated rings.